The smallest absolute Gasteiger partial charge is 0.423 e. The highest BCUT2D eigenvalue weighted by Crippen LogP contribution is 2.23. The fourth-order valence-corrected chi connectivity index (χ4v) is 2.31. The molecule has 0 radical (unpaired) electrons. The van der Waals surface area contributed by atoms with E-state index < -0.39 is 7.12 Å². The molecular formula is C17H14BNO2. The second kappa shape index (κ2) is 5.91. The van der Waals surface area contributed by atoms with Gasteiger partial charge in [0, 0.05) is 17.2 Å². The van der Waals surface area contributed by atoms with Crippen LogP contribution in [-0.2, 0) is 0 Å². The molecule has 102 valence electrons. The third-order valence-electron chi connectivity index (χ3n) is 3.37. The molecule has 0 aliphatic rings. The Hall–Kier alpha value is -2.43. The predicted octanol–water partition coefficient (Wildman–Crippen LogP) is 2.10. The third-order valence-corrected chi connectivity index (χ3v) is 3.37. The lowest BCUT2D eigenvalue weighted by molar-refractivity contribution is 0.426. The summed E-state index contributed by atoms with van der Waals surface area (Å²) in [6, 6.07) is 21.4. The molecule has 0 spiro atoms. The number of hydrogen-bond acceptors (Lipinski definition) is 3. The van der Waals surface area contributed by atoms with Gasteiger partial charge >= 0.3 is 7.12 Å². The molecule has 0 aliphatic carbocycles. The first kappa shape index (κ1) is 13.6. The first-order valence-corrected chi connectivity index (χ1v) is 6.72. The van der Waals surface area contributed by atoms with E-state index >= 15 is 0 Å². The van der Waals surface area contributed by atoms with Gasteiger partial charge in [0.05, 0.1) is 5.69 Å². The van der Waals surface area contributed by atoms with Gasteiger partial charge in [-0.2, -0.15) is 0 Å². The Morgan fingerprint density at radius 2 is 1.33 bits per heavy atom. The van der Waals surface area contributed by atoms with Crippen molar-refractivity contribution in [3.63, 3.8) is 0 Å². The van der Waals surface area contributed by atoms with Gasteiger partial charge in [-0.3, -0.25) is 4.98 Å². The SMILES string of the molecule is OB(O)c1cnc(-c2ccccc2)cc1-c1ccccc1. The van der Waals surface area contributed by atoms with Crippen LogP contribution in [0.5, 0.6) is 0 Å². The van der Waals surface area contributed by atoms with Crippen molar-refractivity contribution in [3.8, 4) is 22.4 Å². The van der Waals surface area contributed by atoms with Crippen LogP contribution in [0.2, 0.25) is 0 Å². The summed E-state index contributed by atoms with van der Waals surface area (Å²) in [6.07, 6.45) is 1.52. The van der Waals surface area contributed by atoms with Crippen LogP contribution >= 0.6 is 0 Å². The summed E-state index contributed by atoms with van der Waals surface area (Å²) in [5.74, 6) is 0. The molecule has 0 fully saturated rings. The zero-order chi connectivity index (χ0) is 14.7. The van der Waals surface area contributed by atoms with Crippen molar-refractivity contribution in [1.29, 1.82) is 0 Å². The highest BCUT2D eigenvalue weighted by molar-refractivity contribution is 6.60. The van der Waals surface area contributed by atoms with Crippen LogP contribution in [0, 0.1) is 0 Å². The summed E-state index contributed by atoms with van der Waals surface area (Å²) in [5.41, 5.74) is 3.91. The van der Waals surface area contributed by atoms with E-state index in [1.165, 1.54) is 6.20 Å². The van der Waals surface area contributed by atoms with E-state index in [2.05, 4.69) is 4.98 Å². The highest BCUT2D eigenvalue weighted by atomic mass is 16.4. The highest BCUT2D eigenvalue weighted by Gasteiger charge is 2.18. The van der Waals surface area contributed by atoms with Gasteiger partial charge in [0.1, 0.15) is 0 Å². The molecule has 0 saturated carbocycles. The summed E-state index contributed by atoms with van der Waals surface area (Å²) in [5, 5.41) is 19.1. The van der Waals surface area contributed by atoms with E-state index in [4.69, 9.17) is 0 Å². The molecule has 0 amide bonds. The maximum Gasteiger partial charge on any atom is 0.490 e. The van der Waals surface area contributed by atoms with Crippen molar-refractivity contribution in [1.82, 2.24) is 4.98 Å². The largest absolute Gasteiger partial charge is 0.490 e. The van der Waals surface area contributed by atoms with Crippen molar-refractivity contribution in [2.45, 2.75) is 0 Å². The summed E-state index contributed by atoms with van der Waals surface area (Å²) >= 11 is 0. The van der Waals surface area contributed by atoms with Gasteiger partial charge in [-0.1, -0.05) is 60.7 Å². The van der Waals surface area contributed by atoms with Crippen molar-refractivity contribution < 1.29 is 10.0 Å². The Morgan fingerprint density at radius 1 is 0.762 bits per heavy atom. The minimum Gasteiger partial charge on any atom is -0.423 e. The van der Waals surface area contributed by atoms with Crippen molar-refractivity contribution in [2.24, 2.45) is 0 Å². The fraction of sp³-hybridized carbons (Fsp3) is 0. The Bertz CT molecular complexity index is 730. The van der Waals surface area contributed by atoms with Gasteiger partial charge < -0.3 is 10.0 Å². The molecule has 0 atom stereocenters. The molecule has 4 heteroatoms. The molecule has 0 saturated heterocycles. The minimum atomic E-state index is -1.54. The van der Waals surface area contributed by atoms with Crippen molar-refractivity contribution in [3.05, 3.63) is 72.9 Å². The molecule has 3 nitrogen and oxygen atoms in total. The lowest BCUT2D eigenvalue weighted by Gasteiger charge is -2.11. The van der Waals surface area contributed by atoms with Gasteiger partial charge in [-0.25, -0.2) is 0 Å². The topological polar surface area (TPSA) is 53.4 Å². The second-order valence-corrected chi connectivity index (χ2v) is 4.76. The maximum atomic E-state index is 9.54. The molecule has 2 aromatic carbocycles. The first-order valence-electron chi connectivity index (χ1n) is 6.72. The average Bonchev–Trinajstić information content (AvgIpc) is 2.56. The number of hydrogen-bond donors (Lipinski definition) is 2. The van der Waals surface area contributed by atoms with Gasteiger partial charge in [0.15, 0.2) is 0 Å². The second-order valence-electron chi connectivity index (χ2n) is 4.76. The molecule has 0 bridgehead atoms. The molecule has 21 heavy (non-hydrogen) atoms. The number of aromatic nitrogens is 1. The monoisotopic (exact) mass is 275 g/mol. The normalized spacial score (nSPS) is 10.4. The Kier molecular flexibility index (Phi) is 3.82. The van der Waals surface area contributed by atoms with Crippen LogP contribution in [0.15, 0.2) is 72.9 Å². The molecule has 0 aliphatic heterocycles. The molecule has 1 heterocycles. The van der Waals surface area contributed by atoms with Crippen LogP contribution in [0.1, 0.15) is 0 Å². The summed E-state index contributed by atoms with van der Waals surface area (Å²) in [4.78, 5) is 4.34. The molecule has 1 aromatic heterocycles. The van der Waals surface area contributed by atoms with Gasteiger partial charge in [0.2, 0.25) is 0 Å². The van der Waals surface area contributed by atoms with Crippen LogP contribution in [0.25, 0.3) is 22.4 Å². The summed E-state index contributed by atoms with van der Waals surface area (Å²) in [7, 11) is -1.54. The van der Waals surface area contributed by atoms with E-state index in [9.17, 15) is 10.0 Å². The van der Waals surface area contributed by atoms with Crippen LogP contribution in [-0.4, -0.2) is 22.2 Å². The van der Waals surface area contributed by atoms with E-state index in [1.54, 1.807) is 0 Å². The van der Waals surface area contributed by atoms with E-state index in [0.717, 1.165) is 22.4 Å². The number of rotatable bonds is 3. The average molecular weight is 275 g/mol. The van der Waals surface area contributed by atoms with Crippen molar-refractivity contribution in [2.75, 3.05) is 0 Å². The molecule has 3 aromatic rings. The van der Waals surface area contributed by atoms with Gasteiger partial charge in [-0.15, -0.1) is 0 Å². The molecular weight excluding hydrogens is 261 g/mol. The van der Waals surface area contributed by atoms with Crippen LogP contribution in [0.4, 0.5) is 0 Å². The lowest BCUT2D eigenvalue weighted by Crippen LogP contribution is -2.32. The Balaban J connectivity index is 2.16. The number of benzene rings is 2. The Labute approximate surface area is 123 Å². The molecule has 3 rings (SSSR count). The van der Waals surface area contributed by atoms with Crippen LogP contribution < -0.4 is 5.46 Å². The maximum absolute atomic E-state index is 9.54. The fourth-order valence-electron chi connectivity index (χ4n) is 2.31. The Morgan fingerprint density at radius 3 is 1.90 bits per heavy atom. The molecule has 2 N–H and O–H groups in total. The van der Waals surface area contributed by atoms with Gasteiger partial charge in [-0.05, 0) is 17.2 Å². The number of nitrogens with zero attached hydrogens (tertiary/aromatic N) is 1. The zero-order valence-electron chi connectivity index (χ0n) is 11.3. The summed E-state index contributed by atoms with van der Waals surface area (Å²) in [6.45, 7) is 0. The quantitative estimate of drug-likeness (QED) is 0.720. The third kappa shape index (κ3) is 2.87. The summed E-state index contributed by atoms with van der Waals surface area (Å²) < 4.78 is 0. The first-order chi connectivity index (χ1) is 10.3. The van der Waals surface area contributed by atoms with Crippen molar-refractivity contribution >= 4 is 12.6 Å². The van der Waals surface area contributed by atoms with E-state index in [-0.39, 0.29) is 0 Å². The van der Waals surface area contributed by atoms with E-state index in [1.807, 2.05) is 66.7 Å². The van der Waals surface area contributed by atoms with Crippen LogP contribution in [0.3, 0.4) is 0 Å². The standard InChI is InChI=1S/C17H14BNO2/c20-18(21)16-12-19-17(14-9-5-2-6-10-14)11-15(16)13-7-3-1-4-8-13/h1-12,20-21H. The number of pyridine rings is 1. The zero-order valence-corrected chi connectivity index (χ0v) is 11.3. The predicted molar refractivity (Wildman–Crippen MR) is 84.9 cm³/mol. The minimum absolute atomic E-state index is 0.404. The molecule has 0 unspecified atom stereocenters. The van der Waals surface area contributed by atoms with Gasteiger partial charge in [0.25, 0.3) is 0 Å². The van der Waals surface area contributed by atoms with E-state index in [0.29, 0.717) is 5.46 Å². The lowest BCUT2D eigenvalue weighted by atomic mass is 9.76.